The number of nitrogens with two attached hydrogens (primary N) is 1. The molecule has 0 aliphatic carbocycles. The van der Waals surface area contributed by atoms with Crippen molar-refractivity contribution >= 4 is 38.0 Å². The van der Waals surface area contributed by atoms with E-state index in [9.17, 15) is 0 Å². The summed E-state index contributed by atoms with van der Waals surface area (Å²) in [7, 11) is 1.67. The predicted octanol–water partition coefficient (Wildman–Crippen LogP) is 2.93. The molecule has 1 aromatic carbocycles. The van der Waals surface area contributed by atoms with Gasteiger partial charge in [-0.1, -0.05) is 0 Å². The summed E-state index contributed by atoms with van der Waals surface area (Å²) in [6, 6.07) is 5.90. The molecule has 0 spiro atoms. The van der Waals surface area contributed by atoms with Crippen LogP contribution in [0.3, 0.4) is 0 Å². The van der Waals surface area contributed by atoms with Crippen molar-refractivity contribution in [2.75, 3.05) is 12.8 Å². The number of aromatic nitrogens is 2. The van der Waals surface area contributed by atoms with E-state index in [4.69, 9.17) is 10.5 Å². The normalized spacial score (nSPS) is 10.9. The Balaban J connectivity index is 1.93. The van der Waals surface area contributed by atoms with Crippen LogP contribution in [0.2, 0.25) is 0 Å². The van der Waals surface area contributed by atoms with Crippen LogP contribution in [-0.2, 0) is 6.42 Å². The van der Waals surface area contributed by atoms with E-state index in [1.807, 2.05) is 23.6 Å². The molecule has 2 N–H and O–H groups in total. The number of fused-ring (bicyclic) bond motifs is 1. The van der Waals surface area contributed by atoms with Crippen molar-refractivity contribution in [3.05, 3.63) is 34.3 Å². The fourth-order valence-electron chi connectivity index (χ4n) is 1.71. The highest BCUT2D eigenvalue weighted by Gasteiger charge is 2.07. The molecule has 0 aliphatic heterocycles. The number of ether oxygens (including phenoxy) is 1. The summed E-state index contributed by atoms with van der Waals surface area (Å²) in [4.78, 5) is 8.83. The minimum Gasteiger partial charge on any atom is -0.497 e. The summed E-state index contributed by atoms with van der Waals surface area (Å²) in [6.45, 7) is 0. The van der Waals surface area contributed by atoms with E-state index in [0.29, 0.717) is 5.13 Å². The molecule has 3 aromatic rings. The van der Waals surface area contributed by atoms with Crippen molar-refractivity contribution in [1.29, 1.82) is 0 Å². The third kappa shape index (κ3) is 2.16. The highest BCUT2D eigenvalue weighted by atomic mass is 32.1. The topological polar surface area (TPSA) is 61.0 Å². The van der Waals surface area contributed by atoms with Gasteiger partial charge in [-0.3, -0.25) is 0 Å². The summed E-state index contributed by atoms with van der Waals surface area (Å²) in [5, 5.41) is 3.62. The lowest BCUT2D eigenvalue weighted by Gasteiger charge is -1.96. The van der Waals surface area contributed by atoms with Crippen molar-refractivity contribution in [1.82, 2.24) is 9.97 Å². The van der Waals surface area contributed by atoms with Crippen LogP contribution in [0.1, 0.15) is 10.7 Å². The van der Waals surface area contributed by atoms with Crippen LogP contribution < -0.4 is 10.5 Å². The number of nitrogen functional groups attached to an aromatic ring is 1. The Kier molecular flexibility index (Phi) is 2.89. The Hall–Kier alpha value is -1.66. The first-order chi connectivity index (χ1) is 8.74. The average molecular weight is 277 g/mol. The predicted molar refractivity (Wildman–Crippen MR) is 75.5 cm³/mol. The summed E-state index contributed by atoms with van der Waals surface area (Å²) >= 11 is 3.12. The van der Waals surface area contributed by atoms with E-state index < -0.39 is 0 Å². The summed E-state index contributed by atoms with van der Waals surface area (Å²) < 4.78 is 6.34. The first kappa shape index (κ1) is 11.4. The largest absolute Gasteiger partial charge is 0.497 e. The van der Waals surface area contributed by atoms with Gasteiger partial charge in [-0.05, 0) is 18.2 Å². The Morgan fingerprint density at radius 1 is 1.33 bits per heavy atom. The third-order valence-electron chi connectivity index (χ3n) is 2.54. The number of hydrogen-bond donors (Lipinski definition) is 1. The van der Waals surface area contributed by atoms with Crippen LogP contribution in [0.15, 0.2) is 23.6 Å². The second kappa shape index (κ2) is 4.55. The molecule has 0 fully saturated rings. The van der Waals surface area contributed by atoms with Crippen molar-refractivity contribution in [3.63, 3.8) is 0 Å². The zero-order chi connectivity index (χ0) is 12.5. The summed E-state index contributed by atoms with van der Waals surface area (Å²) in [5.41, 5.74) is 7.59. The Morgan fingerprint density at radius 2 is 2.22 bits per heavy atom. The molecular formula is C12H11N3OS2. The SMILES string of the molecule is COc1ccc2nc(Cc3csc(N)n3)sc2c1. The van der Waals surface area contributed by atoms with Gasteiger partial charge in [0.2, 0.25) is 0 Å². The van der Waals surface area contributed by atoms with Crippen LogP contribution in [0.25, 0.3) is 10.2 Å². The standard InChI is InChI=1S/C12H11N3OS2/c1-16-8-2-3-9-10(5-8)18-11(15-9)4-7-6-17-12(13)14-7/h2-3,5-6H,4H2,1H3,(H2,13,14). The molecule has 92 valence electrons. The van der Waals surface area contributed by atoms with Gasteiger partial charge in [0, 0.05) is 11.8 Å². The lowest BCUT2D eigenvalue weighted by atomic mass is 10.3. The molecule has 2 heterocycles. The summed E-state index contributed by atoms with van der Waals surface area (Å²) in [6.07, 6.45) is 0.732. The molecule has 0 bridgehead atoms. The maximum atomic E-state index is 5.62. The molecular weight excluding hydrogens is 266 g/mol. The van der Waals surface area contributed by atoms with E-state index in [1.54, 1.807) is 18.4 Å². The van der Waals surface area contributed by atoms with Gasteiger partial charge in [0.05, 0.1) is 28.0 Å². The van der Waals surface area contributed by atoms with Gasteiger partial charge in [0.15, 0.2) is 5.13 Å². The van der Waals surface area contributed by atoms with Crippen LogP contribution in [0.4, 0.5) is 5.13 Å². The van der Waals surface area contributed by atoms with Crippen LogP contribution in [-0.4, -0.2) is 17.1 Å². The molecule has 2 aromatic heterocycles. The minimum atomic E-state index is 0.604. The third-order valence-corrected chi connectivity index (χ3v) is 4.28. The molecule has 6 heteroatoms. The summed E-state index contributed by atoms with van der Waals surface area (Å²) in [5.74, 6) is 0.857. The number of rotatable bonds is 3. The molecule has 0 saturated heterocycles. The van der Waals surface area contributed by atoms with Crippen molar-refractivity contribution in [2.45, 2.75) is 6.42 Å². The number of methoxy groups -OCH3 is 1. The smallest absolute Gasteiger partial charge is 0.180 e. The second-order valence-corrected chi connectivity index (χ2v) is 5.80. The second-order valence-electron chi connectivity index (χ2n) is 3.80. The van der Waals surface area contributed by atoms with E-state index >= 15 is 0 Å². The monoisotopic (exact) mass is 277 g/mol. The Bertz CT molecular complexity index is 690. The fourth-order valence-corrected chi connectivity index (χ4v) is 3.29. The van der Waals surface area contributed by atoms with Crippen molar-refractivity contribution in [2.24, 2.45) is 0 Å². The highest BCUT2D eigenvalue weighted by molar-refractivity contribution is 7.18. The van der Waals surface area contributed by atoms with Gasteiger partial charge in [-0.2, -0.15) is 0 Å². The maximum Gasteiger partial charge on any atom is 0.180 e. The van der Waals surface area contributed by atoms with E-state index in [-0.39, 0.29) is 0 Å². The molecule has 0 atom stereocenters. The molecule has 0 aliphatic rings. The fraction of sp³-hybridized carbons (Fsp3) is 0.167. The van der Waals surface area contributed by atoms with Crippen molar-refractivity contribution in [3.8, 4) is 5.75 Å². The van der Waals surface area contributed by atoms with Crippen LogP contribution >= 0.6 is 22.7 Å². The lowest BCUT2D eigenvalue weighted by Crippen LogP contribution is -1.88. The molecule has 0 unspecified atom stereocenters. The zero-order valence-corrected chi connectivity index (χ0v) is 11.3. The van der Waals surface area contributed by atoms with Crippen LogP contribution in [0, 0.1) is 0 Å². The number of thiazole rings is 2. The lowest BCUT2D eigenvalue weighted by molar-refractivity contribution is 0.415. The first-order valence-corrected chi connectivity index (χ1v) is 7.07. The number of benzene rings is 1. The average Bonchev–Trinajstić information content (AvgIpc) is 2.94. The quantitative estimate of drug-likeness (QED) is 0.799. The molecule has 0 saturated carbocycles. The van der Waals surface area contributed by atoms with Gasteiger partial charge in [-0.25, -0.2) is 9.97 Å². The maximum absolute atomic E-state index is 5.62. The van der Waals surface area contributed by atoms with E-state index in [1.165, 1.54) is 11.3 Å². The highest BCUT2D eigenvalue weighted by Crippen LogP contribution is 2.27. The van der Waals surface area contributed by atoms with E-state index in [2.05, 4.69) is 9.97 Å². The van der Waals surface area contributed by atoms with Gasteiger partial charge >= 0.3 is 0 Å². The molecule has 0 radical (unpaired) electrons. The first-order valence-electron chi connectivity index (χ1n) is 5.38. The van der Waals surface area contributed by atoms with Gasteiger partial charge in [0.1, 0.15) is 5.75 Å². The number of anilines is 1. The molecule has 4 nitrogen and oxygen atoms in total. The Labute approximate surface area is 112 Å². The number of nitrogens with zero attached hydrogens (tertiary/aromatic N) is 2. The number of hydrogen-bond acceptors (Lipinski definition) is 6. The molecule has 3 rings (SSSR count). The van der Waals surface area contributed by atoms with Crippen LogP contribution in [0.5, 0.6) is 5.75 Å². The van der Waals surface area contributed by atoms with E-state index in [0.717, 1.165) is 33.1 Å². The van der Waals surface area contributed by atoms with Gasteiger partial charge in [0.25, 0.3) is 0 Å². The van der Waals surface area contributed by atoms with Gasteiger partial charge < -0.3 is 10.5 Å². The zero-order valence-electron chi connectivity index (χ0n) is 9.71. The van der Waals surface area contributed by atoms with Gasteiger partial charge in [-0.15, -0.1) is 22.7 Å². The minimum absolute atomic E-state index is 0.604. The van der Waals surface area contributed by atoms with Crippen molar-refractivity contribution < 1.29 is 4.74 Å². The molecule has 18 heavy (non-hydrogen) atoms. The molecule has 0 amide bonds. The Morgan fingerprint density at radius 3 is 2.94 bits per heavy atom.